The largest absolute Gasteiger partial charge is 0.343 e. The summed E-state index contributed by atoms with van der Waals surface area (Å²) < 4.78 is 0. The molecule has 0 aliphatic heterocycles. The molecule has 0 unspecified atom stereocenters. The Balaban J connectivity index is 3.75. The van der Waals surface area contributed by atoms with E-state index in [1.165, 1.54) is 0 Å². The normalized spacial score (nSPS) is 12.7. The molecule has 3 N–H and O–H groups in total. The Labute approximate surface area is 74.1 Å². The van der Waals surface area contributed by atoms with Crippen molar-refractivity contribution in [3.8, 4) is 0 Å². The van der Waals surface area contributed by atoms with Crippen molar-refractivity contribution in [3.63, 3.8) is 0 Å². The second-order valence-electron chi connectivity index (χ2n) is 2.88. The van der Waals surface area contributed by atoms with Crippen LogP contribution in [0.5, 0.6) is 0 Å². The van der Waals surface area contributed by atoms with Crippen molar-refractivity contribution in [2.45, 2.75) is 19.4 Å². The van der Waals surface area contributed by atoms with Crippen LogP contribution in [0.1, 0.15) is 13.3 Å². The zero-order valence-electron chi connectivity index (χ0n) is 8.13. The van der Waals surface area contributed by atoms with Crippen LogP contribution in [0.25, 0.3) is 0 Å². The highest BCUT2D eigenvalue weighted by Gasteiger charge is 2.14. The van der Waals surface area contributed by atoms with Gasteiger partial charge in [-0.3, -0.25) is 4.79 Å². The summed E-state index contributed by atoms with van der Waals surface area (Å²) >= 11 is 0. The summed E-state index contributed by atoms with van der Waals surface area (Å²) in [6, 6.07) is -0.341. The third-order valence-corrected chi connectivity index (χ3v) is 1.83. The molecule has 0 aromatic rings. The minimum atomic E-state index is -0.341. The van der Waals surface area contributed by atoms with Gasteiger partial charge in [0, 0.05) is 20.1 Å². The van der Waals surface area contributed by atoms with Crippen LogP contribution in [0.15, 0.2) is 0 Å². The standard InChI is InChI=1S/C8H19N3O/c1-4-7(9)8(12)11(3)6-5-10-2/h7,10H,4-6,9H2,1-3H3/t7-/m0/s1. The lowest BCUT2D eigenvalue weighted by atomic mass is 10.2. The summed E-state index contributed by atoms with van der Waals surface area (Å²) in [6.45, 7) is 3.43. The Morgan fingerprint density at radius 2 is 2.25 bits per heavy atom. The fourth-order valence-electron chi connectivity index (χ4n) is 0.847. The van der Waals surface area contributed by atoms with E-state index in [1.54, 1.807) is 11.9 Å². The lowest BCUT2D eigenvalue weighted by Gasteiger charge is -2.20. The Morgan fingerprint density at radius 1 is 1.67 bits per heavy atom. The van der Waals surface area contributed by atoms with Gasteiger partial charge in [0.15, 0.2) is 0 Å². The van der Waals surface area contributed by atoms with E-state index < -0.39 is 0 Å². The molecule has 0 saturated heterocycles. The second-order valence-corrected chi connectivity index (χ2v) is 2.88. The van der Waals surface area contributed by atoms with Gasteiger partial charge >= 0.3 is 0 Å². The molecule has 0 fully saturated rings. The highest BCUT2D eigenvalue weighted by atomic mass is 16.2. The van der Waals surface area contributed by atoms with Crippen LogP contribution in [0.3, 0.4) is 0 Å². The van der Waals surface area contributed by atoms with E-state index in [0.717, 1.165) is 6.54 Å². The Kier molecular flexibility index (Phi) is 5.66. The SMILES string of the molecule is CC[C@H](N)C(=O)N(C)CCNC. The number of hydrogen-bond donors (Lipinski definition) is 2. The first-order valence-electron chi connectivity index (χ1n) is 4.28. The third-order valence-electron chi connectivity index (χ3n) is 1.83. The van der Waals surface area contributed by atoms with Crippen molar-refractivity contribution >= 4 is 5.91 Å². The van der Waals surface area contributed by atoms with Gasteiger partial charge < -0.3 is 16.0 Å². The van der Waals surface area contributed by atoms with E-state index in [2.05, 4.69) is 5.32 Å². The highest BCUT2D eigenvalue weighted by molar-refractivity contribution is 5.81. The predicted octanol–water partition coefficient (Wildman–Crippen LogP) is -0.598. The van der Waals surface area contributed by atoms with Crippen molar-refractivity contribution in [1.29, 1.82) is 0 Å². The van der Waals surface area contributed by atoms with Crippen molar-refractivity contribution in [2.75, 3.05) is 27.2 Å². The van der Waals surface area contributed by atoms with Crippen molar-refractivity contribution in [1.82, 2.24) is 10.2 Å². The fraction of sp³-hybridized carbons (Fsp3) is 0.875. The van der Waals surface area contributed by atoms with Crippen LogP contribution in [-0.4, -0.2) is 44.0 Å². The molecule has 1 amide bonds. The number of carbonyl (C=O) groups excluding carboxylic acids is 1. The molecule has 4 nitrogen and oxygen atoms in total. The fourth-order valence-corrected chi connectivity index (χ4v) is 0.847. The maximum Gasteiger partial charge on any atom is 0.239 e. The predicted molar refractivity (Wildman–Crippen MR) is 49.8 cm³/mol. The molecule has 0 aromatic carbocycles. The van der Waals surface area contributed by atoms with Gasteiger partial charge in [0.05, 0.1) is 6.04 Å². The Bertz CT molecular complexity index is 138. The van der Waals surface area contributed by atoms with Crippen molar-refractivity contribution in [2.24, 2.45) is 5.73 Å². The molecular formula is C8H19N3O. The molecule has 0 radical (unpaired) electrons. The van der Waals surface area contributed by atoms with Crippen LogP contribution < -0.4 is 11.1 Å². The number of nitrogens with zero attached hydrogens (tertiary/aromatic N) is 1. The molecule has 72 valence electrons. The number of likely N-dealkylation sites (N-methyl/N-ethyl adjacent to an activating group) is 2. The van der Waals surface area contributed by atoms with Crippen molar-refractivity contribution < 1.29 is 4.79 Å². The van der Waals surface area contributed by atoms with Gasteiger partial charge in [-0.25, -0.2) is 0 Å². The van der Waals surface area contributed by atoms with Crippen LogP contribution in [0.4, 0.5) is 0 Å². The smallest absolute Gasteiger partial charge is 0.239 e. The van der Waals surface area contributed by atoms with Gasteiger partial charge in [-0.15, -0.1) is 0 Å². The topological polar surface area (TPSA) is 58.4 Å². The molecule has 0 aromatic heterocycles. The van der Waals surface area contributed by atoms with E-state index in [0.29, 0.717) is 13.0 Å². The summed E-state index contributed by atoms with van der Waals surface area (Å²) in [6.07, 6.45) is 0.697. The zero-order valence-corrected chi connectivity index (χ0v) is 8.13. The van der Waals surface area contributed by atoms with Crippen LogP contribution in [-0.2, 0) is 4.79 Å². The van der Waals surface area contributed by atoms with E-state index in [1.807, 2.05) is 14.0 Å². The molecule has 0 aliphatic carbocycles. The molecule has 4 heteroatoms. The number of hydrogen-bond acceptors (Lipinski definition) is 3. The molecule has 0 aliphatic rings. The van der Waals surface area contributed by atoms with Gasteiger partial charge in [-0.1, -0.05) is 6.92 Å². The molecule has 0 spiro atoms. The van der Waals surface area contributed by atoms with Gasteiger partial charge in [0.25, 0.3) is 0 Å². The van der Waals surface area contributed by atoms with Crippen molar-refractivity contribution in [3.05, 3.63) is 0 Å². The molecule has 1 atom stereocenters. The monoisotopic (exact) mass is 173 g/mol. The molecule has 0 bridgehead atoms. The highest BCUT2D eigenvalue weighted by Crippen LogP contribution is 1.92. The number of rotatable bonds is 5. The molecule has 0 saturated carbocycles. The van der Waals surface area contributed by atoms with E-state index in [-0.39, 0.29) is 11.9 Å². The van der Waals surface area contributed by atoms with Gasteiger partial charge in [-0.05, 0) is 13.5 Å². The van der Waals surface area contributed by atoms with Crippen LogP contribution in [0, 0.1) is 0 Å². The van der Waals surface area contributed by atoms with E-state index in [4.69, 9.17) is 5.73 Å². The van der Waals surface area contributed by atoms with Crippen LogP contribution in [0.2, 0.25) is 0 Å². The quantitative estimate of drug-likeness (QED) is 0.584. The van der Waals surface area contributed by atoms with Crippen LogP contribution >= 0.6 is 0 Å². The van der Waals surface area contributed by atoms with E-state index >= 15 is 0 Å². The summed E-state index contributed by atoms with van der Waals surface area (Å²) in [4.78, 5) is 13.0. The average Bonchev–Trinajstić information content (AvgIpc) is 2.11. The van der Waals surface area contributed by atoms with E-state index in [9.17, 15) is 4.79 Å². The summed E-state index contributed by atoms with van der Waals surface area (Å²) in [5.74, 6) is 0.0211. The second kappa shape index (κ2) is 5.97. The molecular weight excluding hydrogens is 154 g/mol. The maximum absolute atomic E-state index is 11.4. The molecule has 12 heavy (non-hydrogen) atoms. The first kappa shape index (κ1) is 11.4. The molecule has 0 heterocycles. The lowest BCUT2D eigenvalue weighted by molar-refractivity contribution is -0.131. The minimum absolute atomic E-state index is 0.0211. The summed E-state index contributed by atoms with van der Waals surface area (Å²) in [5, 5.41) is 2.98. The zero-order chi connectivity index (χ0) is 9.56. The van der Waals surface area contributed by atoms with Gasteiger partial charge in [0.1, 0.15) is 0 Å². The number of nitrogens with one attached hydrogen (secondary N) is 1. The third kappa shape index (κ3) is 3.69. The lowest BCUT2D eigenvalue weighted by Crippen LogP contribution is -2.43. The Hall–Kier alpha value is -0.610. The number of carbonyl (C=O) groups is 1. The minimum Gasteiger partial charge on any atom is -0.343 e. The summed E-state index contributed by atoms with van der Waals surface area (Å²) in [7, 11) is 3.63. The first-order chi connectivity index (χ1) is 5.63. The Morgan fingerprint density at radius 3 is 2.67 bits per heavy atom. The maximum atomic E-state index is 11.4. The molecule has 0 rings (SSSR count). The number of amides is 1. The average molecular weight is 173 g/mol. The summed E-state index contributed by atoms with van der Waals surface area (Å²) in [5.41, 5.74) is 5.58. The number of nitrogens with two attached hydrogens (primary N) is 1. The first-order valence-corrected chi connectivity index (χ1v) is 4.28. The van der Waals surface area contributed by atoms with Gasteiger partial charge in [-0.2, -0.15) is 0 Å². The van der Waals surface area contributed by atoms with Gasteiger partial charge in [0.2, 0.25) is 5.91 Å².